The first-order valence-corrected chi connectivity index (χ1v) is 6.68. The van der Waals surface area contributed by atoms with Crippen LogP contribution in [0.5, 0.6) is 0 Å². The first kappa shape index (κ1) is 12.5. The first-order valence-electron chi connectivity index (χ1n) is 5.80. The van der Waals surface area contributed by atoms with E-state index in [-0.39, 0.29) is 6.10 Å². The van der Waals surface area contributed by atoms with Crippen LogP contribution in [0.4, 0.5) is 0 Å². The molecule has 0 spiro atoms. The van der Waals surface area contributed by atoms with E-state index >= 15 is 0 Å². The lowest BCUT2D eigenvalue weighted by molar-refractivity contribution is 0.0664. The summed E-state index contributed by atoms with van der Waals surface area (Å²) in [6, 6.07) is 1.91. The van der Waals surface area contributed by atoms with Gasteiger partial charge in [0.25, 0.3) is 0 Å². The van der Waals surface area contributed by atoms with Crippen molar-refractivity contribution >= 4 is 17.3 Å². The highest BCUT2D eigenvalue weighted by Crippen LogP contribution is 2.19. The molecule has 1 aliphatic rings. The zero-order valence-corrected chi connectivity index (χ0v) is 10.7. The third-order valence-electron chi connectivity index (χ3n) is 2.87. The number of nitrogens with zero attached hydrogens (tertiary/aromatic N) is 1. The molecule has 0 bridgehead atoms. The largest absolute Gasteiger partial charge is 0.477 e. The third-order valence-corrected chi connectivity index (χ3v) is 3.82. The monoisotopic (exact) mass is 255 g/mol. The number of hydrogen-bond donors (Lipinski definition) is 1. The molecule has 0 saturated carbocycles. The molecule has 1 unspecified atom stereocenters. The highest BCUT2D eigenvalue weighted by atomic mass is 32.1. The fourth-order valence-electron chi connectivity index (χ4n) is 2.11. The van der Waals surface area contributed by atoms with Gasteiger partial charge in [-0.3, -0.25) is 4.90 Å². The number of thiophene rings is 1. The minimum Gasteiger partial charge on any atom is -0.477 e. The fraction of sp³-hybridized carbons (Fsp3) is 0.583. The van der Waals surface area contributed by atoms with Crippen LogP contribution in [-0.2, 0) is 11.3 Å². The van der Waals surface area contributed by atoms with Crippen LogP contribution < -0.4 is 0 Å². The number of ether oxygens (including phenoxy) is 1. The van der Waals surface area contributed by atoms with Gasteiger partial charge in [0.2, 0.25) is 0 Å². The quantitative estimate of drug-likeness (QED) is 0.898. The number of carboxylic acids is 1. The summed E-state index contributed by atoms with van der Waals surface area (Å²) >= 11 is 1.29. The zero-order chi connectivity index (χ0) is 12.3. The number of carboxylic acid groups (broad SMARTS) is 1. The molecular formula is C12H17NO3S. The average Bonchev–Trinajstić information content (AvgIpc) is 2.62. The van der Waals surface area contributed by atoms with Crippen molar-refractivity contribution in [3.63, 3.8) is 0 Å². The molecule has 0 radical (unpaired) electrons. The second-order valence-corrected chi connectivity index (χ2v) is 5.27. The van der Waals surface area contributed by atoms with Crippen LogP contribution in [0.2, 0.25) is 0 Å². The Morgan fingerprint density at radius 1 is 1.71 bits per heavy atom. The highest BCUT2D eigenvalue weighted by Gasteiger charge is 2.18. The van der Waals surface area contributed by atoms with Crippen LogP contribution in [-0.4, -0.2) is 41.8 Å². The van der Waals surface area contributed by atoms with Gasteiger partial charge in [-0.15, -0.1) is 11.3 Å². The van der Waals surface area contributed by atoms with E-state index < -0.39 is 5.97 Å². The Bertz CT molecular complexity index is 391. The molecule has 2 rings (SSSR count). The Labute approximate surface area is 105 Å². The van der Waals surface area contributed by atoms with Crippen molar-refractivity contribution in [3.8, 4) is 0 Å². The summed E-state index contributed by atoms with van der Waals surface area (Å²) in [5, 5.41) is 10.9. The van der Waals surface area contributed by atoms with Gasteiger partial charge in [0.1, 0.15) is 4.88 Å². The second-order valence-electron chi connectivity index (χ2n) is 4.35. The van der Waals surface area contributed by atoms with Gasteiger partial charge >= 0.3 is 5.97 Å². The van der Waals surface area contributed by atoms with Crippen molar-refractivity contribution in [2.75, 3.05) is 19.7 Å². The van der Waals surface area contributed by atoms with Crippen LogP contribution in [0.25, 0.3) is 0 Å². The third kappa shape index (κ3) is 3.28. The molecular weight excluding hydrogens is 238 g/mol. The van der Waals surface area contributed by atoms with Crippen LogP contribution >= 0.6 is 11.3 Å². The van der Waals surface area contributed by atoms with Gasteiger partial charge < -0.3 is 9.84 Å². The summed E-state index contributed by atoms with van der Waals surface area (Å²) in [6.45, 7) is 5.41. The molecule has 4 nitrogen and oxygen atoms in total. The van der Waals surface area contributed by atoms with Gasteiger partial charge in [-0.1, -0.05) is 0 Å². The summed E-state index contributed by atoms with van der Waals surface area (Å²) in [6.07, 6.45) is 1.24. The van der Waals surface area contributed by atoms with E-state index in [0.717, 1.165) is 31.7 Å². The number of rotatable bonds is 3. The van der Waals surface area contributed by atoms with E-state index in [4.69, 9.17) is 9.84 Å². The molecule has 1 atom stereocenters. The average molecular weight is 255 g/mol. The summed E-state index contributed by atoms with van der Waals surface area (Å²) in [7, 11) is 0. The predicted molar refractivity (Wildman–Crippen MR) is 66.6 cm³/mol. The molecule has 0 amide bonds. The predicted octanol–water partition coefficient (Wildman–Crippen LogP) is 2.06. The lowest BCUT2D eigenvalue weighted by Gasteiger charge is -2.21. The Morgan fingerprint density at radius 3 is 3.29 bits per heavy atom. The summed E-state index contributed by atoms with van der Waals surface area (Å²) < 4.78 is 5.57. The van der Waals surface area contributed by atoms with E-state index in [0.29, 0.717) is 11.4 Å². The molecule has 1 saturated heterocycles. The second kappa shape index (κ2) is 5.62. The Hall–Kier alpha value is -0.910. The number of carbonyl (C=O) groups is 1. The minimum absolute atomic E-state index is 0.226. The first-order chi connectivity index (χ1) is 8.16. The van der Waals surface area contributed by atoms with Crippen LogP contribution in [0, 0.1) is 0 Å². The Morgan fingerprint density at radius 2 is 2.53 bits per heavy atom. The van der Waals surface area contributed by atoms with Crippen LogP contribution in [0.15, 0.2) is 11.4 Å². The molecule has 0 aliphatic carbocycles. The van der Waals surface area contributed by atoms with E-state index in [2.05, 4.69) is 11.8 Å². The maximum absolute atomic E-state index is 11.0. The maximum atomic E-state index is 11.0. The number of aromatic carboxylic acids is 1. The summed E-state index contributed by atoms with van der Waals surface area (Å²) in [5.41, 5.74) is 0.914. The van der Waals surface area contributed by atoms with Crippen molar-refractivity contribution in [1.29, 1.82) is 0 Å². The van der Waals surface area contributed by atoms with Crippen molar-refractivity contribution in [2.45, 2.75) is 26.0 Å². The lowest BCUT2D eigenvalue weighted by Crippen LogP contribution is -2.30. The number of hydrogen-bond acceptors (Lipinski definition) is 4. The molecule has 1 aromatic rings. The maximum Gasteiger partial charge on any atom is 0.346 e. The van der Waals surface area contributed by atoms with Crippen molar-refractivity contribution in [3.05, 3.63) is 21.9 Å². The van der Waals surface area contributed by atoms with Crippen molar-refractivity contribution < 1.29 is 14.6 Å². The summed E-state index contributed by atoms with van der Waals surface area (Å²) in [4.78, 5) is 13.8. The lowest BCUT2D eigenvalue weighted by atomic mass is 10.2. The standard InChI is InChI=1S/C12H17NO3S/c1-9-7-13(4-2-5-16-9)8-10-3-6-17-11(10)12(14)15/h3,6,9H,2,4-5,7-8H2,1H3,(H,14,15). The highest BCUT2D eigenvalue weighted by molar-refractivity contribution is 7.12. The smallest absolute Gasteiger partial charge is 0.346 e. The van der Waals surface area contributed by atoms with Crippen LogP contribution in [0.1, 0.15) is 28.6 Å². The SMILES string of the molecule is CC1CN(Cc2ccsc2C(=O)O)CCCO1. The molecule has 1 aliphatic heterocycles. The molecule has 5 heteroatoms. The summed E-state index contributed by atoms with van der Waals surface area (Å²) in [5.74, 6) is -0.825. The van der Waals surface area contributed by atoms with E-state index in [9.17, 15) is 4.79 Å². The molecule has 1 N–H and O–H groups in total. The Kier molecular flexibility index (Phi) is 4.15. The van der Waals surface area contributed by atoms with Gasteiger partial charge in [-0.05, 0) is 30.4 Å². The Balaban J connectivity index is 2.03. The topological polar surface area (TPSA) is 49.8 Å². The normalized spacial score (nSPS) is 22.3. The van der Waals surface area contributed by atoms with Gasteiger partial charge in [-0.25, -0.2) is 4.79 Å². The van der Waals surface area contributed by atoms with E-state index in [1.165, 1.54) is 11.3 Å². The van der Waals surface area contributed by atoms with E-state index in [1.54, 1.807) is 0 Å². The van der Waals surface area contributed by atoms with Gasteiger partial charge in [0, 0.05) is 26.2 Å². The molecule has 17 heavy (non-hydrogen) atoms. The van der Waals surface area contributed by atoms with E-state index in [1.807, 2.05) is 11.4 Å². The van der Waals surface area contributed by atoms with Crippen molar-refractivity contribution in [2.24, 2.45) is 0 Å². The minimum atomic E-state index is -0.825. The zero-order valence-electron chi connectivity index (χ0n) is 9.89. The molecule has 2 heterocycles. The van der Waals surface area contributed by atoms with Gasteiger partial charge in [0.15, 0.2) is 0 Å². The van der Waals surface area contributed by atoms with Crippen molar-refractivity contribution in [1.82, 2.24) is 4.90 Å². The molecule has 1 fully saturated rings. The molecule has 1 aromatic heterocycles. The fourth-order valence-corrected chi connectivity index (χ4v) is 2.87. The van der Waals surface area contributed by atoms with Crippen LogP contribution in [0.3, 0.4) is 0 Å². The van der Waals surface area contributed by atoms with Gasteiger partial charge in [-0.2, -0.15) is 0 Å². The molecule has 94 valence electrons. The van der Waals surface area contributed by atoms with Gasteiger partial charge in [0.05, 0.1) is 6.10 Å². The molecule has 0 aromatic carbocycles.